The molecule has 98 valence electrons. The molecule has 1 aromatic carbocycles. The van der Waals surface area contributed by atoms with Crippen molar-refractivity contribution in [2.75, 3.05) is 13.7 Å². The number of ether oxygens (including phenoxy) is 1. The van der Waals surface area contributed by atoms with Crippen LogP contribution in [0.15, 0.2) is 24.3 Å². The van der Waals surface area contributed by atoms with Gasteiger partial charge in [-0.2, -0.15) is 0 Å². The van der Waals surface area contributed by atoms with Crippen LogP contribution in [0, 0.1) is 0 Å². The molecule has 1 atom stereocenters. The second-order valence-electron chi connectivity index (χ2n) is 4.02. The maximum Gasteiger partial charge on any atom is 0.337 e. The topological polar surface area (TPSA) is 81.4 Å². The van der Waals surface area contributed by atoms with Gasteiger partial charge in [-0.3, -0.25) is 4.79 Å². The van der Waals surface area contributed by atoms with E-state index in [1.807, 2.05) is 12.1 Å². The summed E-state index contributed by atoms with van der Waals surface area (Å²) in [5.41, 5.74) is 6.97. The minimum Gasteiger partial charge on any atom is -0.465 e. The molecule has 0 radical (unpaired) electrons. The molecule has 1 aromatic rings. The molecule has 1 rings (SSSR count). The molecule has 0 saturated carbocycles. The van der Waals surface area contributed by atoms with Crippen LogP contribution in [-0.2, 0) is 16.0 Å². The van der Waals surface area contributed by atoms with E-state index in [2.05, 4.69) is 10.1 Å². The van der Waals surface area contributed by atoms with E-state index in [1.165, 1.54) is 7.11 Å². The number of benzene rings is 1. The van der Waals surface area contributed by atoms with Crippen LogP contribution in [0.3, 0.4) is 0 Å². The van der Waals surface area contributed by atoms with Crippen molar-refractivity contribution in [2.45, 2.75) is 19.4 Å². The zero-order chi connectivity index (χ0) is 13.5. The van der Waals surface area contributed by atoms with Gasteiger partial charge in [0.25, 0.3) is 0 Å². The van der Waals surface area contributed by atoms with Gasteiger partial charge in [0.15, 0.2) is 0 Å². The third-order valence-corrected chi connectivity index (χ3v) is 2.50. The van der Waals surface area contributed by atoms with Gasteiger partial charge < -0.3 is 15.8 Å². The zero-order valence-corrected chi connectivity index (χ0v) is 10.6. The number of nitrogens with two attached hydrogens (primary N) is 1. The second kappa shape index (κ2) is 6.76. The number of hydrogen-bond acceptors (Lipinski definition) is 4. The maximum absolute atomic E-state index is 11.2. The van der Waals surface area contributed by atoms with Gasteiger partial charge in [-0.1, -0.05) is 12.1 Å². The molecule has 0 aliphatic rings. The molecule has 0 aliphatic heterocycles. The van der Waals surface area contributed by atoms with Crippen LogP contribution in [0.4, 0.5) is 0 Å². The summed E-state index contributed by atoms with van der Waals surface area (Å²) in [5.74, 6) is -0.520. The quantitative estimate of drug-likeness (QED) is 0.745. The molecule has 0 bridgehead atoms. The normalized spacial score (nSPS) is 11.7. The van der Waals surface area contributed by atoms with Crippen molar-refractivity contribution in [2.24, 2.45) is 5.73 Å². The molecule has 0 aromatic heterocycles. The van der Waals surface area contributed by atoms with E-state index in [4.69, 9.17) is 5.73 Å². The first kappa shape index (κ1) is 14.2. The van der Waals surface area contributed by atoms with Crippen molar-refractivity contribution < 1.29 is 14.3 Å². The molecular weight excluding hydrogens is 232 g/mol. The van der Waals surface area contributed by atoms with Crippen LogP contribution in [0.2, 0.25) is 0 Å². The average Bonchev–Trinajstić information content (AvgIpc) is 2.38. The third kappa shape index (κ3) is 4.18. The Balaban J connectivity index is 2.45. The molecule has 0 unspecified atom stereocenters. The first-order chi connectivity index (χ1) is 8.54. The van der Waals surface area contributed by atoms with E-state index in [1.54, 1.807) is 19.1 Å². The summed E-state index contributed by atoms with van der Waals surface area (Å²) in [6.45, 7) is 2.17. The van der Waals surface area contributed by atoms with Crippen LogP contribution in [-0.4, -0.2) is 31.6 Å². The molecule has 0 spiro atoms. The number of amides is 1. The van der Waals surface area contributed by atoms with E-state index < -0.39 is 6.04 Å². The monoisotopic (exact) mass is 250 g/mol. The van der Waals surface area contributed by atoms with E-state index in [-0.39, 0.29) is 11.9 Å². The number of carbonyl (C=O) groups is 2. The summed E-state index contributed by atoms with van der Waals surface area (Å²) < 4.78 is 4.61. The highest BCUT2D eigenvalue weighted by molar-refractivity contribution is 5.89. The smallest absolute Gasteiger partial charge is 0.337 e. The number of hydrogen-bond donors (Lipinski definition) is 2. The SMILES string of the molecule is COC(=O)c1ccc(CCNC(=O)[C@H](C)N)cc1. The molecular formula is C13H18N2O3. The van der Waals surface area contributed by atoms with E-state index in [0.717, 1.165) is 5.56 Å². The lowest BCUT2D eigenvalue weighted by Gasteiger charge is -2.07. The second-order valence-corrected chi connectivity index (χ2v) is 4.02. The van der Waals surface area contributed by atoms with Gasteiger partial charge in [0.05, 0.1) is 18.7 Å². The summed E-state index contributed by atoms with van der Waals surface area (Å²) >= 11 is 0. The standard InChI is InChI=1S/C13H18N2O3/c1-9(14)12(16)15-8-7-10-3-5-11(6-4-10)13(17)18-2/h3-6,9H,7-8,14H2,1-2H3,(H,15,16)/t9-/m0/s1. The summed E-state index contributed by atoms with van der Waals surface area (Å²) in [6.07, 6.45) is 0.694. The fourth-order valence-electron chi connectivity index (χ4n) is 1.42. The lowest BCUT2D eigenvalue weighted by molar-refractivity contribution is -0.121. The molecule has 18 heavy (non-hydrogen) atoms. The Hall–Kier alpha value is -1.88. The van der Waals surface area contributed by atoms with E-state index >= 15 is 0 Å². The predicted molar refractivity (Wildman–Crippen MR) is 68.1 cm³/mol. The molecule has 1 amide bonds. The van der Waals surface area contributed by atoms with Crippen LogP contribution in [0.5, 0.6) is 0 Å². The summed E-state index contributed by atoms with van der Waals surface area (Å²) in [6, 6.07) is 6.59. The van der Waals surface area contributed by atoms with Gasteiger partial charge in [0, 0.05) is 6.54 Å². The van der Waals surface area contributed by atoms with Crippen molar-refractivity contribution >= 4 is 11.9 Å². The largest absolute Gasteiger partial charge is 0.465 e. The van der Waals surface area contributed by atoms with Crippen LogP contribution in [0.25, 0.3) is 0 Å². The number of methoxy groups -OCH3 is 1. The van der Waals surface area contributed by atoms with Crippen LogP contribution < -0.4 is 11.1 Å². The molecule has 0 fully saturated rings. The molecule has 5 heteroatoms. The van der Waals surface area contributed by atoms with E-state index in [9.17, 15) is 9.59 Å². The van der Waals surface area contributed by atoms with Crippen molar-refractivity contribution in [1.82, 2.24) is 5.32 Å². The molecule has 0 saturated heterocycles. The summed E-state index contributed by atoms with van der Waals surface area (Å²) in [4.78, 5) is 22.4. The highest BCUT2D eigenvalue weighted by atomic mass is 16.5. The number of esters is 1. The number of rotatable bonds is 5. The van der Waals surface area contributed by atoms with Gasteiger partial charge in [-0.25, -0.2) is 4.79 Å². The van der Waals surface area contributed by atoms with Gasteiger partial charge in [0.2, 0.25) is 5.91 Å². The van der Waals surface area contributed by atoms with Gasteiger partial charge in [-0.05, 0) is 31.0 Å². The third-order valence-electron chi connectivity index (χ3n) is 2.50. The van der Waals surface area contributed by atoms with Crippen LogP contribution in [0.1, 0.15) is 22.8 Å². The minimum atomic E-state index is -0.494. The Morgan fingerprint density at radius 2 is 1.94 bits per heavy atom. The van der Waals surface area contributed by atoms with Gasteiger partial charge >= 0.3 is 5.97 Å². The Labute approximate surface area is 106 Å². The van der Waals surface area contributed by atoms with Crippen molar-refractivity contribution in [3.8, 4) is 0 Å². The summed E-state index contributed by atoms with van der Waals surface area (Å²) in [5, 5.41) is 2.72. The number of carbonyl (C=O) groups excluding carboxylic acids is 2. The Bertz CT molecular complexity index is 413. The first-order valence-corrected chi connectivity index (χ1v) is 5.75. The van der Waals surface area contributed by atoms with Crippen molar-refractivity contribution in [3.05, 3.63) is 35.4 Å². The molecule has 3 N–H and O–H groups in total. The fourth-order valence-corrected chi connectivity index (χ4v) is 1.42. The highest BCUT2D eigenvalue weighted by Crippen LogP contribution is 2.06. The first-order valence-electron chi connectivity index (χ1n) is 5.75. The Morgan fingerprint density at radius 1 is 1.33 bits per heavy atom. The molecule has 0 aliphatic carbocycles. The van der Waals surface area contributed by atoms with Crippen LogP contribution >= 0.6 is 0 Å². The molecule has 0 heterocycles. The van der Waals surface area contributed by atoms with E-state index in [0.29, 0.717) is 18.5 Å². The van der Waals surface area contributed by atoms with Gasteiger partial charge in [0.1, 0.15) is 0 Å². The van der Waals surface area contributed by atoms with Crippen molar-refractivity contribution in [3.63, 3.8) is 0 Å². The number of nitrogens with one attached hydrogen (secondary N) is 1. The minimum absolute atomic E-state index is 0.166. The molecule has 5 nitrogen and oxygen atoms in total. The lowest BCUT2D eigenvalue weighted by Crippen LogP contribution is -2.39. The lowest BCUT2D eigenvalue weighted by atomic mass is 10.1. The Kier molecular flexibility index (Phi) is 5.32. The highest BCUT2D eigenvalue weighted by Gasteiger charge is 2.06. The predicted octanol–water partition coefficient (Wildman–Crippen LogP) is 0.479. The Morgan fingerprint density at radius 3 is 2.44 bits per heavy atom. The fraction of sp³-hybridized carbons (Fsp3) is 0.385. The van der Waals surface area contributed by atoms with Crippen molar-refractivity contribution in [1.29, 1.82) is 0 Å². The summed E-state index contributed by atoms with van der Waals surface area (Å²) in [7, 11) is 1.35. The van der Waals surface area contributed by atoms with Gasteiger partial charge in [-0.15, -0.1) is 0 Å². The average molecular weight is 250 g/mol. The zero-order valence-electron chi connectivity index (χ0n) is 10.6. The maximum atomic E-state index is 11.2.